The van der Waals surface area contributed by atoms with Crippen LogP contribution in [0.15, 0.2) is 12.3 Å². The maximum Gasteiger partial charge on any atom is 0.147 e. The summed E-state index contributed by atoms with van der Waals surface area (Å²) >= 11 is 11.9. The van der Waals surface area contributed by atoms with Crippen molar-refractivity contribution in [2.75, 3.05) is 18.0 Å². The molecule has 5 heteroatoms. The third-order valence-electron chi connectivity index (χ3n) is 3.21. The summed E-state index contributed by atoms with van der Waals surface area (Å²) in [7, 11) is 0. The quantitative estimate of drug-likeness (QED) is 0.888. The molecular weight excluding hydrogens is 245 g/mol. The number of anilines is 1. The molecular formula is C11H15Cl2N3. The Morgan fingerprint density at radius 1 is 1.44 bits per heavy atom. The molecule has 2 heterocycles. The van der Waals surface area contributed by atoms with Crippen LogP contribution in [0.25, 0.3) is 0 Å². The molecule has 1 saturated heterocycles. The van der Waals surface area contributed by atoms with Crippen LogP contribution in [0, 0.1) is 5.92 Å². The topological polar surface area (TPSA) is 42.1 Å². The van der Waals surface area contributed by atoms with Crippen molar-refractivity contribution in [1.29, 1.82) is 0 Å². The van der Waals surface area contributed by atoms with Crippen LogP contribution in [0.3, 0.4) is 0 Å². The number of halogens is 2. The van der Waals surface area contributed by atoms with Gasteiger partial charge in [0.25, 0.3) is 0 Å². The van der Waals surface area contributed by atoms with E-state index >= 15 is 0 Å². The van der Waals surface area contributed by atoms with E-state index in [0.717, 1.165) is 18.9 Å². The molecule has 2 rings (SSSR count). The molecule has 0 saturated carbocycles. The molecule has 88 valence electrons. The summed E-state index contributed by atoms with van der Waals surface area (Å²) in [4.78, 5) is 6.31. The van der Waals surface area contributed by atoms with Crippen molar-refractivity contribution < 1.29 is 0 Å². The smallest absolute Gasteiger partial charge is 0.147 e. The molecule has 1 aliphatic heterocycles. The zero-order chi connectivity index (χ0) is 11.9. The Kier molecular flexibility index (Phi) is 3.03. The number of rotatable bonds is 2. The van der Waals surface area contributed by atoms with E-state index in [2.05, 4.69) is 23.7 Å². The van der Waals surface area contributed by atoms with Crippen molar-refractivity contribution in [3.8, 4) is 0 Å². The lowest BCUT2D eigenvalue weighted by Crippen LogP contribution is -2.70. The fourth-order valence-corrected chi connectivity index (χ4v) is 2.32. The first-order chi connectivity index (χ1) is 7.42. The number of nitrogens with two attached hydrogens (primary N) is 1. The molecule has 3 nitrogen and oxygen atoms in total. The van der Waals surface area contributed by atoms with E-state index in [1.165, 1.54) is 0 Å². The highest BCUT2D eigenvalue weighted by atomic mass is 35.5. The molecule has 0 unspecified atom stereocenters. The Hall–Kier alpha value is -0.510. The summed E-state index contributed by atoms with van der Waals surface area (Å²) in [5.41, 5.74) is 6.09. The van der Waals surface area contributed by atoms with Crippen molar-refractivity contribution in [3.05, 3.63) is 22.3 Å². The first kappa shape index (κ1) is 12.0. The fraction of sp³-hybridized carbons (Fsp3) is 0.545. The van der Waals surface area contributed by atoms with E-state index in [-0.39, 0.29) is 5.54 Å². The largest absolute Gasteiger partial charge is 0.352 e. The zero-order valence-electron chi connectivity index (χ0n) is 9.37. The zero-order valence-corrected chi connectivity index (χ0v) is 10.9. The normalized spacial score (nSPS) is 18.8. The molecule has 2 N–H and O–H groups in total. The van der Waals surface area contributed by atoms with Crippen molar-refractivity contribution in [3.63, 3.8) is 0 Å². The van der Waals surface area contributed by atoms with Crippen molar-refractivity contribution in [2.24, 2.45) is 11.7 Å². The fourth-order valence-electron chi connectivity index (χ4n) is 1.82. The summed E-state index contributed by atoms with van der Waals surface area (Å²) in [6.45, 7) is 5.85. The van der Waals surface area contributed by atoms with E-state index in [0.29, 0.717) is 16.0 Å². The molecule has 0 spiro atoms. The minimum Gasteiger partial charge on any atom is -0.352 e. The number of hydrogen-bond donors (Lipinski definition) is 1. The average Bonchev–Trinajstić information content (AvgIpc) is 2.13. The number of pyridine rings is 1. The molecule has 16 heavy (non-hydrogen) atoms. The lowest BCUT2D eigenvalue weighted by Gasteiger charge is -2.51. The number of aromatic nitrogens is 1. The SMILES string of the molecule is CC(C)C1(N)CN(c2ncc(Cl)cc2Cl)C1. The lowest BCUT2D eigenvalue weighted by molar-refractivity contribution is 0.243. The molecule has 1 fully saturated rings. The van der Waals surface area contributed by atoms with Gasteiger partial charge in [0, 0.05) is 19.3 Å². The van der Waals surface area contributed by atoms with Gasteiger partial charge in [0.2, 0.25) is 0 Å². The van der Waals surface area contributed by atoms with Crippen LogP contribution in [0.1, 0.15) is 13.8 Å². The van der Waals surface area contributed by atoms with Gasteiger partial charge >= 0.3 is 0 Å². The lowest BCUT2D eigenvalue weighted by atomic mass is 9.80. The monoisotopic (exact) mass is 259 g/mol. The van der Waals surface area contributed by atoms with Gasteiger partial charge < -0.3 is 10.6 Å². The van der Waals surface area contributed by atoms with Crippen LogP contribution >= 0.6 is 23.2 Å². The van der Waals surface area contributed by atoms with E-state index in [1.807, 2.05) is 0 Å². The van der Waals surface area contributed by atoms with Gasteiger partial charge in [-0.3, -0.25) is 0 Å². The van der Waals surface area contributed by atoms with Gasteiger partial charge in [0.15, 0.2) is 0 Å². The Morgan fingerprint density at radius 2 is 2.06 bits per heavy atom. The Bertz CT molecular complexity index is 400. The van der Waals surface area contributed by atoms with Crippen molar-refractivity contribution >= 4 is 29.0 Å². The predicted octanol–water partition coefficient (Wildman–Crippen LogP) is 2.56. The van der Waals surface area contributed by atoms with Gasteiger partial charge in [0.05, 0.1) is 15.6 Å². The van der Waals surface area contributed by atoms with Crippen LogP contribution in [0.2, 0.25) is 10.0 Å². The summed E-state index contributed by atoms with van der Waals surface area (Å²) < 4.78 is 0. The highest BCUT2D eigenvalue weighted by Crippen LogP contribution is 2.34. The predicted molar refractivity (Wildman–Crippen MR) is 68.2 cm³/mol. The molecule has 0 aliphatic carbocycles. The van der Waals surface area contributed by atoms with Crippen LogP contribution in [0.5, 0.6) is 0 Å². The molecule has 0 radical (unpaired) electrons. The van der Waals surface area contributed by atoms with Crippen LogP contribution in [-0.2, 0) is 0 Å². The van der Waals surface area contributed by atoms with E-state index in [4.69, 9.17) is 28.9 Å². The second-order valence-corrected chi connectivity index (χ2v) is 5.55. The first-order valence-corrected chi connectivity index (χ1v) is 6.03. The Morgan fingerprint density at radius 3 is 2.56 bits per heavy atom. The Balaban J connectivity index is 2.12. The molecule has 1 aromatic heterocycles. The van der Waals surface area contributed by atoms with Gasteiger partial charge in [-0.1, -0.05) is 37.0 Å². The second kappa shape index (κ2) is 4.06. The second-order valence-electron chi connectivity index (χ2n) is 4.70. The van der Waals surface area contributed by atoms with Gasteiger partial charge in [-0.2, -0.15) is 0 Å². The third-order valence-corrected chi connectivity index (χ3v) is 3.69. The molecule has 0 aromatic carbocycles. The van der Waals surface area contributed by atoms with Crippen LogP contribution < -0.4 is 10.6 Å². The maximum absolute atomic E-state index is 6.21. The Labute approximate surface area is 106 Å². The average molecular weight is 260 g/mol. The van der Waals surface area contributed by atoms with Gasteiger partial charge in [-0.15, -0.1) is 0 Å². The van der Waals surface area contributed by atoms with Crippen molar-refractivity contribution in [1.82, 2.24) is 4.98 Å². The number of hydrogen-bond acceptors (Lipinski definition) is 3. The molecule has 1 aromatic rings. The summed E-state index contributed by atoms with van der Waals surface area (Å²) in [5, 5.41) is 1.13. The minimum absolute atomic E-state index is 0.120. The van der Waals surface area contributed by atoms with E-state index in [1.54, 1.807) is 12.3 Å². The van der Waals surface area contributed by atoms with Gasteiger partial charge in [0.1, 0.15) is 5.82 Å². The third kappa shape index (κ3) is 1.99. The minimum atomic E-state index is -0.120. The first-order valence-electron chi connectivity index (χ1n) is 5.27. The molecule has 0 atom stereocenters. The summed E-state index contributed by atoms with van der Waals surface area (Å²) in [6.07, 6.45) is 1.61. The summed E-state index contributed by atoms with van der Waals surface area (Å²) in [5.74, 6) is 1.22. The molecule has 1 aliphatic rings. The standard InChI is InChI=1S/C11H15Cl2N3/c1-7(2)11(14)5-16(6-11)10-9(13)3-8(12)4-15-10/h3-4,7H,5-6,14H2,1-2H3. The van der Waals surface area contributed by atoms with Gasteiger partial charge in [-0.05, 0) is 12.0 Å². The van der Waals surface area contributed by atoms with E-state index in [9.17, 15) is 0 Å². The highest BCUT2D eigenvalue weighted by Gasteiger charge is 2.43. The molecule has 0 amide bonds. The van der Waals surface area contributed by atoms with Crippen molar-refractivity contribution in [2.45, 2.75) is 19.4 Å². The molecule has 0 bridgehead atoms. The highest BCUT2D eigenvalue weighted by molar-refractivity contribution is 6.36. The summed E-state index contributed by atoms with van der Waals surface area (Å²) in [6, 6.07) is 1.71. The number of nitrogens with zero attached hydrogens (tertiary/aromatic N) is 2. The van der Waals surface area contributed by atoms with Crippen LogP contribution in [-0.4, -0.2) is 23.6 Å². The van der Waals surface area contributed by atoms with Gasteiger partial charge in [-0.25, -0.2) is 4.98 Å². The van der Waals surface area contributed by atoms with E-state index < -0.39 is 0 Å². The van der Waals surface area contributed by atoms with Crippen LogP contribution in [0.4, 0.5) is 5.82 Å². The maximum atomic E-state index is 6.21.